The normalized spacial score (nSPS) is 18.8. The van der Waals surface area contributed by atoms with Gasteiger partial charge in [0.05, 0.1) is 41.0 Å². The second-order valence-electron chi connectivity index (χ2n) is 6.99. The zero-order chi connectivity index (χ0) is 23.5. The van der Waals surface area contributed by atoms with Crippen LogP contribution in [0.3, 0.4) is 0 Å². The molecule has 0 aliphatic carbocycles. The fraction of sp³-hybridized carbons (Fsp3) is 0.500. The molecule has 32 heavy (non-hydrogen) atoms. The molecule has 3 N–H and O–H groups in total. The van der Waals surface area contributed by atoms with Crippen molar-refractivity contribution in [2.75, 3.05) is 26.3 Å². The van der Waals surface area contributed by atoms with Crippen LogP contribution in [-0.4, -0.2) is 76.6 Å². The van der Waals surface area contributed by atoms with Crippen LogP contribution >= 0.6 is 11.3 Å². The Bertz CT molecular complexity index is 976. The number of aromatic nitrogens is 2. The van der Waals surface area contributed by atoms with Gasteiger partial charge in [-0.2, -0.15) is 18.2 Å². The number of nitrogens with zero attached hydrogens (tertiary/aromatic N) is 3. The van der Waals surface area contributed by atoms with Crippen LogP contribution in [0.1, 0.15) is 22.5 Å². The minimum absolute atomic E-state index is 0.0444. The van der Waals surface area contributed by atoms with E-state index in [4.69, 9.17) is 10.1 Å². The quantitative estimate of drug-likeness (QED) is 0.514. The molecule has 0 saturated carbocycles. The lowest BCUT2D eigenvalue weighted by Crippen LogP contribution is -2.56. The molecule has 0 bridgehead atoms. The van der Waals surface area contributed by atoms with Gasteiger partial charge < -0.3 is 30.0 Å². The molecule has 0 radical (unpaired) electrons. The Labute approximate surface area is 183 Å². The van der Waals surface area contributed by atoms with E-state index < -0.39 is 41.9 Å². The number of nitrogens with one attached hydrogen (secondary N) is 2. The molecular formula is C18H20F3N5O5S. The van der Waals surface area contributed by atoms with Crippen LogP contribution in [0.2, 0.25) is 0 Å². The first-order chi connectivity index (χ1) is 15.1. The predicted molar refractivity (Wildman–Crippen MR) is 105 cm³/mol. The third-order valence-corrected chi connectivity index (χ3v) is 5.79. The smallest absolute Gasteiger partial charge is 0.392 e. The van der Waals surface area contributed by atoms with Crippen molar-refractivity contribution < 1.29 is 37.1 Å². The monoisotopic (exact) mass is 475 g/mol. The Balaban J connectivity index is 1.64. The number of alkyl halides is 3. The van der Waals surface area contributed by atoms with Gasteiger partial charge in [-0.3, -0.25) is 9.59 Å². The summed E-state index contributed by atoms with van der Waals surface area (Å²) in [5.41, 5.74) is 0. The third kappa shape index (κ3) is 5.31. The van der Waals surface area contributed by atoms with Crippen molar-refractivity contribution in [3.8, 4) is 10.7 Å². The van der Waals surface area contributed by atoms with E-state index in [1.54, 1.807) is 0 Å². The summed E-state index contributed by atoms with van der Waals surface area (Å²) >= 11 is 0.885. The fourth-order valence-electron chi connectivity index (χ4n) is 3.04. The molecule has 1 saturated heterocycles. The molecule has 2 amide bonds. The second-order valence-corrected chi connectivity index (χ2v) is 8.07. The summed E-state index contributed by atoms with van der Waals surface area (Å²) < 4.78 is 47.4. The van der Waals surface area contributed by atoms with Gasteiger partial charge in [0.1, 0.15) is 0 Å². The van der Waals surface area contributed by atoms with Gasteiger partial charge in [0.15, 0.2) is 0 Å². The molecule has 10 nitrogen and oxygen atoms in total. The standard InChI is InChI=1S/C18H20F3N5O5S/c1-9(27)11(6-22)16(29)26-4-5-30-8-10(26)7-23-15(28)13-3-2-12(32-13)14-24-17(31-25-14)18(19,20)21/h2-3,6,9-11,22,27H,4-5,7-8H2,1H3,(H,23,28)/t9?,10-,11?/m0/s1. The van der Waals surface area contributed by atoms with Gasteiger partial charge >= 0.3 is 12.1 Å². The van der Waals surface area contributed by atoms with Crippen LogP contribution in [0.25, 0.3) is 10.7 Å². The van der Waals surface area contributed by atoms with Gasteiger partial charge in [0, 0.05) is 19.3 Å². The molecule has 2 unspecified atom stereocenters. The molecule has 3 atom stereocenters. The maximum Gasteiger partial charge on any atom is 0.471 e. The Morgan fingerprint density at radius 1 is 1.47 bits per heavy atom. The number of thiophene rings is 1. The number of carbonyl (C=O) groups is 2. The molecule has 0 spiro atoms. The lowest BCUT2D eigenvalue weighted by atomic mass is 10.0. The number of hydrogen-bond donors (Lipinski definition) is 3. The number of hydrogen-bond acceptors (Lipinski definition) is 9. The molecule has 174 valence electrons. The van der Waals surface area contributed by atoms with Crippen LogP contribution in [0, 0.1) is 11.3 Å². The van der Waals surface area contributed by atoms with Crippen molar-refractivity contribution in [1.82, 2.24) is 20.4 Å². The summed E-state index contributed by atoms with van der Waals surface area (Å²) in [6, 6.07) is 2.31. The van der Waals surface area contributed by atoms with Gasteiger partial charge in [-0.1, -0.05) is 5.16 Å². The highest BCUT2D eigenvalue weighted by molar-refractivity contribution is 7.17. The van der Waals surface area contributed by atoms with Gasteiger partial charge in [0.25, 0.3) is 5.91 Å². The van der Waals surface area contributed by atoms with E-state index in [0.29, 0.717) is 6.61 Å². The largest absolute Gasteiger partial charge is 0.471 e. The summed E-state index contributed by atoms with van der Waals surface area (Å²) in [5, 5.41) is 23.1. The summed E-state index contributed by atoms with van der Waals surface area (Å²) in [5.74, 6) is -3.70. The van der Waals surface area contributed by atoms with Gasteiger partial charge in [-0.15, -0.1) is 11.3 Å². The maximum atomic E-state index is 12.7. The molecule has 1 fully saturated rings. The highest BCUT2D eigenvalue weighted by Crippen LogP contribution is 2.31. The molecule has 1 aliphatic rings. The van der Waals surface area contributed by atoms with Crippen LogP contribution in [0.5, 0.6) is 0 Å². The number of aliphatic hydroxyl groups excluding tert-OH is 1. The molecule has 0 aromatic carbocycles. The Morgan fingerprint density at radius 3 is 2.84 bits per heavy atom. The van der Waals surface area contributed by atoms with Crippen LogP contribution in [0.15, 0.2) is 16.7 Å². The van der Waals surface area contributed by atoms with Gasteiger partial charge in [-0.05, 0) is 19.1 Å². The average Bonchev–Trinajstić information content (AvgIpc) is 3.41. The second kappa shape index (κ2) is 9.75. The van der Waals surface area contributed by atoms with Crippen molar-refractivity contribution in [3.63, 3.8) is 0 Å². The molecule has 3 heterocycles. The number of rotatable bonds is 7. The van der Waals surface area contributed by atoms with E-state index in [0.717, 1.165) is 17.6 Å². The number of ether oxygens (including phenoxy) is 1. The molecule has 1 aliphatic heterocycles. The third-order valence-electron chi connectivity index (χ3n) is 4.71. The van der Waals surface area contributed by atoms with E-state index in [2.05, 4.69) is 20.0 Å². The van der Waals surface area contributed by atoms with E-state index in [1.807, 2.05) is 0 Å². The zero-order valence-corrected chi connectivity index (χ0v) is 17.6. The number of aliphatic hydroxyl groups is 1. The fourth-order valence-corrected chi connectivity index (χ4v) is 3.89. The van der Waals surface area contributed by atoms with Crippen molar-refractivity contribution in [2.24, 2.45) is 5.92 Å². The Morgan fingerprint density at radius 2 is 2.22 bits per heavy atom. The maximum absolute atomic E-state index is 12.7. The number of amides is 2. The minimum atomic E-state index is -4.77. The first-order valence-electron chi connectivity index (χ1n) is 9.48. The summed E-state index contributed by atoms with van der Waals surface area (Å²) in [4.78, 5) is 30.4. The molecule has 3 rings (SSSR count). The highest BCUT2D eigenvalue weighted by atomic mass is 32.1. The molecule has 2 aromatic rings. The van der Waals surface area contributed by atoms with Crippen molar-refractivity contribution in [3.05, 3.63) is 22.9 Å². The Kier molecular flexibility index (Phi) is 7.26. The number of carbonyl (C=O) groups excluding carboxylic acids is 2. The first kappa shape index (κ1) is 23.8. The Hall–Kier alpha value is -2.84. The van der Waals surface area contributed by atoms with E-state index in [-0.39, 0.29) is 35.3 Å². The summed E-state index contributed by atoms with van der Waals surface area (Å²) in [6.45, 7) is 2.16. The van der Waals surface area contributed by atoms with Crippen LogP contribution in [-0.2, 0) is 15.7 Å². The predicted octanol–water partition coefficient (Wildman–Crippen LogP) is 1.42. The van der Waals surface area contributed by atoms with E-state index in [9.17, 15) is 27.9 Å². The van der Waals surface area contributed by atoms with Crippen LogP contribution < -0.4 is 5.32 Å². The first-order valence-corrected chi connectivity index (χ1v) is 10.3. The van der Waals surface area contributed by atoms with E-state index >= 15 is 0 Å². The van der Waals surface area contributed by atoms with Gasteiger partial charge in [-0.25, -0.2) is 0 Å². The number of halogens is 3. The summed E-state index contributed by atoms with van der Waals surface area (Å²) in [6.07, 6.45) is -4.92. The van der Waals surface area contributed by atoms with Crippen LogP contribution in [0.4, 0.5) is 13.2 Å². The van der Waals surface area contributed by atoms with Crippen molar-refractivity contribution in [1.29, 1.82) is 5.41 Å². The summed E-state index contributed by atoms with van der Waals surface area (Å²) in [7, 11) is 0. The minimum Gasteiger partial charge on any atom is -0.392 e. The van der Waals surface area contributed by atoms with Crippen molar-refractivity contribution >= 4 is 29.4 Å². The van der Waals surface area contributed by atoms with Crippen molar-refractivity contribution in [2.45, 2.75) is 25.2 Å². The number of morpholine rings is 1. The molecular weight excluding hydrogens is 455 g/mol. The SMILES string of the molecule is CC(O)C(C=N)C(=O)N1CCOC[C@@H]1CNC(=O)c1ccc(-c2noc(C(F)(F)F)n2)s1. The molecule has 2 aromatic heterocycles. The highest BCUT2D eigenvalue weighted by Gasteiger charge is 2.39. The lowest BCUT2D eigenvalue weighted by molar-refractivity contribution is -0.159. The topological polar surface area (TPSA) is 142 Å². The zero-order valence-electron chi connectivity index (χ0n) is 16.8. The van der Waals surface area contributed by atoms with E-state index in [1.165, 1.54) is 24.0 Å². The average molecular weight is 475 g/mol. The van der Waals surface area contributed by atoms with Gasteiger partial charge in [0.2, 0.25) is 11.7 Å². The molecule has 14 heteroatoms. The lowest BCUT2D eigenvalue weighted by Gasteiger charge is -2.37.